The molecule has 0 bridgehead atoms. The van der Waals surface area contributed by atoms with Gasteiger partial charge < -0.3 is 0 Å². The normalized spacial score (nSPS) is 9.73. The van der Waals surface area contributed by atoms with Gasteiger partial charge in [-0.05, 0) is 47.6 Å². The Morgan fingerprint density at radius 1 is 1.36 bits per heavy atom. The summed E-state index contributed by atoms with van der Waals surface area (Å²) in [4.78, 5) is 10.5. The SMILES string of the molecule is Cc1ccc(C=O)c(C)c1I. The molecule has 0 saturated carbocycles. The monoisotopic (exact) mass is 260 g/mol. The van der Waals surface area contributed by atoms with E-state index in [0.29, 0.717) is 0 Å². The first-order chi connectivity index (χ1) is 5.16. The number of benzene rings is 1. The summed E-state index contributed by atoms with van der Waals surface area (Å²) in [7, 11) is 0. The summed E-state index contributed by atoms with van der Waals surface area (Å²) in [6.07, 6.45) is 0.900. The van der Waals surface area contributed by atoms with Crippen molar-refractivity contribution in [2.75, 3.05) is 0 Å². The molecule has 0 unspecified atom stereocenters. The van der Waals surface area contributed by atoms with Crippen LogP contribution < -0.4 is 0 Å². The van der Waals surface area contributed by atoms with Crippen LogP contribution in [-0.4, -0.2) is 6.29 Å². The van der Waals surface area contributed by atoms with Crippen molar-refractivity contribution in [2.24, 2.45) is 0 Å². The van der Waals surface area contributed by atoms with Crippen LogP contribution in [-0.2, 0) is 0 Å². The van der Waals surface area contributed by atoms with E-state index in [2.05, 4.69) is 22.6 Å². The van der Waals surface area contributed by atoms with Gasteiger partial charge in [-0.3, -0.25) is 4.79 Å². The van der Waals surface area contributed by atoms with Crippen molar-refractivity contribution >= 4 is 28.9 Å². The Morgan fingerprint density at radius 2 is 2.00 bits per heavy atom. The van der Waals surface area contributed by atoms with Crippen LogP contribution in [0.25, 0.3) is 0 Å². The van der Waals surface area contributed by atoms with Crippen LogP contribution >= 0.6 is 22.6 Å². The maximum absolute atomic E-state index is 10.5. The van der Waals surface area contributed by atoms with Crippen molar-refractivity contribution in [1.29, 1.82) is 0 Å². The van der Waals surface area contributed by atoms with E-state index in [-0.39, 0.29) is 0 Å². The highest BCUT2D eigenvalue weighted by atomic mass is 127. The van der Waals surface area contributed by atoms with Gasteiger partial charge in [-0.15, -0.1) is 0 Å². The maximum Gasteiger partial charge on any atom is 0.150 e. The summed E-state index contributed by atoms with van der Waals surface area (Å²) in [6.45, 7) is 4.02. The fourth-order valence-corrected chi connectivity index (χ4v) is 1.45. The van der Waals surface area contributed by atoms with Crippen LogP contribution in [0.1, 0.15) is 21.5 Å². The lowest BCUT2D eigenvalue weighted by atomic mass is 10.1. The fourth-order valence-electron chi connectivity index (χ4n) is 0.963. The topological polar surface area (TPSA) is 17.1 Å². The zero-order chi connectivity index (χ0) is 8.43. The van der Waals surface area contributed by atoms with Crippen LogP contribution in [0, 0.1) is 17.4 Å². The van der Waals surface area contributed by atoms with Gasteiger partial charge in [0.1, 0.15) is 6.29 Å². The van der Waals surface area contributed by atoms with Gasteiger partial charge in [0, 0.05) is 9.13 Å². The summed E-state index contributed by atoms with van der Waals surface area (Å²) in [5.41, 5.74) is 3.11. The van der Waals surface area contributed by atoms with E-state index in [9.17, 15) is 4.79 Å². The van der Waals surface area contributed by atoms with Crippen LogP contribution in [0.2, 0.25) is 0 Å². The summed E-state index contributed by atoms with van der Waals surface area (Å²) in [5, 5.41) is 0. The lowest BCUT2D eigenvalue weighted by molar-refractivity contribution is 0.112. The molecule has 58 valence electrons. The molecule has 0 aliphatic heterocycles. The van der Waals surface area contributed by atoms with Gasteiger partial charge in [-0.25, -0.2) is 0 Å². The minimum atomic E-state index is 0.792. The second-order valence-corrected chi connectivity index (χ2v) is 3.61. The predicted octanol–water partition coefficient (Wildman–Crippen LogP) is 2.72. The molecule has 1 aromatic carbocycles. The fraction of sp³-hybridized carbons (Fsp3) is 0.222. The van der Waals surface area contributed by atoms with Crippen LogP contribution in [0.4, 0.5) is 0 Å². The molecule has 0 aliphatic rings. The molecule has 0 aliphatic carbocycles. The third-order valence-corrected chi connectivity index (χ3v) is 3.41. The quantitative estimate of drug-likeness (QED) is 0.560. The van der Waals surface area contributed by atoms with Gasteiger partial charge in [0.15, 0.2) is 0 Å². The predicted molar refractivity (Wildman–Crippen MR) is 54.0 cm³/mol. The maximum atomic E-state index is 10.5. The molecule has 0 atom stereocenters. The minimum absolute atomic E-state index is 0.792. The zero-order valence-corrected chi connectivity index (χ0v) is 8.68. The lowest BCUT2D eigenvalue weighted by Gasteiger charge is -2.03. The van der Waals surface area contributed by atoms with Crippen molar-refractivity contribution in [3.63, 3.8) is 0 Å². The molecule has 0 heterocycles. The molecule has 0 fully saturated rings. The average molecular weight is 260 g/mol. The highest BCUT2D eigenvalue weighted by Crippen LogP contribution is 2.18. The van der Waals surface area contributed by atoms with Gasteiger partial charge in [0.25, 0.3) is 0 Å². The van der Waals surface area contributed by atoms with Crippen LogP contribution in [0.5, 0.6) is 0 Å². The molecule has 0 radical (unpaired) electrons. The van der Waals surface area contributed by atoms with E-state index in [1.54, 1.807) is 0 Å². The minimum Gasteiger partial charge on any atom is -0.298 e. The first kappa shape index (κ1) is 8.71. The van der Waals surface area contributed by atoms with E-state index in [0.717, 1.165) is 17.4 Å². The molecule has 0 amide bonds. The highest BCUT2D eigenvalue weighted by Gasteiger charge is 2.02. The molecule has 2 heteroatoms. The molecule has 0 spiro atoms. The zero-order valence-electron chi connectivity index (χ0n) is 6.52. The Labute approximate surface area is 79.9 Å². The van der Waals surface area contributed by atoms with E-state index >= 15 is 0 Å². The molecule has 1 aromatic rings. The molecule has 0 saturated heterocycles. The standard InChI is InChI=1S/C9H9IO/c1-6-3-4-8(5-11)7(2)9(6)10/h3-5H,1-2H3. The Kier molecular flexibility index (Phi) is 2.65. The van der Waals surface area contributed by atoms with E-state index < -0.39 is 0 Å². The van der Waals surface area contributed by atoms with Crippen molar-refractivity contribution in [3.05, 3.63) is 32.4 Å². The molecule has 11 heavy (non-hydrogen) atoms. The third-order valence-electron chi connectivity index (χ3n) is 1.75. The van der Waals surface area contributed by atoms with Crippen LogP contribution in [0.3, 0.4) is 0 Å². The van der Waals surface area contributed by atoms with Gasteiger partial charge >= 0.3 is 0 Å². The summed E-state index contributed by atoms with van der Waals surface area (Å²) >= 11 is 2.26. The summed E-state index contributed by atoms with van der Waals surface area (Å²) < 4.78 is 1.19. The van der Waals surface area contributed by atoms with Gasteiger partial charge in [-0.1, -0.05) is 12.1 Å². The summed E-state index contributed by atoms with van der Waals surface area (Å²) in [5.74, 6) is 0. The molecule has 0 aromatic heterocycles. The van der Waals surface area contributed by atoms with Crippen LogP contribution in [0.15, 0.2) is 12.1 Å². The van der Waals surface area contributed by atoms with Crippen molar-refractivity contribution < 1.29 is 4.79 Å². The molecular weight excluding hydrogens is 251 g/mol. The largest absolute Gasteiger partial charge is 0.298 e. The first-order valence-corrected chi connectivity index (χ1v) is 4.45. The number of rotatable bonds is 1. The number of hydrogen-bond donors (Lipinski definition) is 0. The van der Waals surface area contributed by atoms with Crippen molar-refractivity contribution in [2.45, 2.75) is 13.8 Å². The Bertz CT molecular complexity index is 292. The lowest BCUT2D eigenvalue weighted by Crippen LogP contribution is -1.92. The van der Waals surface area contributed by atoms with Gasteiger partial charge in [-0.2, -0.15) is 0 Å². The van der Waals surface area contributed by atoms with Gasteiger partial charge in [0.05, 0.1) is 0 Å². The number of aryl methyl sites for hydroxylation is 1. The van der Waals surface area contributed by atoms with E-state index in [4.69, 9.17) is 0 Å². The second-order valence-electron chi connectivity index (χ2n) is 2.53. The number of carbonyl (C=O) groups excluding carboxylic acids is 1. The summed E-state index contributed by atoms with van der Waals surface area (Å²) in [6, 6.07) is 3.83. The number of aldehydes is 1. The molecule has 1 nitrogen and oxygen atoms in total. The Hall–Kier alpha value is -0.380. The smallest absolute Gasteiger partial charge is 0.150 e. The highest BCUT2D eigenvalue weighted by molar-refractivity contribution is 14.1. The Balaban J connectivity index is 3.36. The Morgan fingerprint density at radius 3 is 2.55 bits per heavy atom. The van der Waals surface area contributed by atoms with E-state index in [1.807, 2.05) is 26.0 Å². The first-order valence-electron chi connectivity index (χ1n) is 3.37. The molecule has 1 rings (SSSR count). The molecule has 0 N–H and O–H groups in total. The molecular formula is C9H9IO. The van der Waals surface area contributed by atoms with E-state index in [1.165, 1.54) is 9.13 Å². The number of hydrogen-bond acceptors (Lipinski definition) is 1. The third kappa shape index (κ3) is 1.61. The number of halogens is 1. The number of carbonyl (C=O) groups is 1. The van der Waals surface area contributed by atoms with Crippen molar-refractivity contribution in [3.8, 4) is 0 Å². The van der Waals surface area contributed by atoms with Crippen molar-refractivity contribution in [1.82, 2.24) is 0 Å². The second kappa shape index (κ2) is 3.34. The van der Waals surface area contributed by atoms with Gasteiger partial charge in [0.2, 0.25) is 0 Å². The average Bonchev–Trinajstić information content (AvgIpc) is 2.01.